The normalized spacial score (nSPS) is 10.4. The van der Waals surface area contributed by atoms with Crippen LogP contribution in [0.4, 0.5) is 0 Å². The predicted octanol–water partition coefficient (Wildman–Crippen LogP) is 4.64. The lowest BCUT2D eigenvalue weighted by atomic mass is 10.2. The Bertz CT molecular complexity index is 587. The standard InChI is InChI=1S/C17H20ClNO2/c1-3-19-12-13-8-7-9-14(18)17(13)21-16-11-6-5-10-15(16)20-4-2/h5-11,19H,3-4,12H2,1-2H3. The SMILES string of the molecule is CCNCc1cccc(Cl)c1Oc1ccccc1OCC. The summed E-state index contributed by atoms with van der Waals surface area (Å²) in [5.74, 6) is 2.06. The summed E-state index contributed by atoms with van der Waals surface area (Å²) in [4.78, 5) is 0. The summed E-state index contributed by atoms with van der Waals surface area (Å²) in [6, 6.07) is 13.4. The third-order valence-corrected chi connectivity index (χ3v) is 3.27. The maximum Gasteiger partial charge on any atom is 0.169 e. The Morgan fingerprint density at radius 3 is 2.48 bits per heavy atom. The largest absolute Gasteiger partial charge is 0.490 e. The van der Waals surface area contributed by atoms with Gasteiger partial charge in [0.05, 0.1) is 11.6 Å². The van der Waals surface area contributed by atoms with Gasteiger partial charge in [0.25, 0.3) is 0 Å². The molecule has 0 aromatic heterocycles. The lowest BCUT2D eigenvalue weighted by Gasteiger charge is -2.15. The summed E-state index contributed by atoms with van der Waals surface area (Å²) in [6.45, 7) is 6.20. The van der Waals surface area contributed by atoms with E-state index in [1.54, 1.807) is 0 Å². The molecule has 3 nitrogen and oxygen atoms in total. The number of nitrogens with one attached hydrogen (secondary N) is 1. The molecule has 0 saturated carbocycles. The van der Waals surface area contributed by atoms with Crippen molar-refractivity contribution in [3.8, 4) is 17.2 Å². The Morgan fingerprint density at radius 1 is 1.00 bits per heavy atom. The van der Waals surface area contributed by atoms with Crippen molar-refractivity contribution in [2.75, 3.05) is 13.2 Å². The Morgan fingerprint density at radius 2 is 1.76 bits per heavy atom. The molecule has 2 rings (SSSR count). The first-order valence-electron chi connectivity index (χ1n) is 7.14. The van der Waals surface area contributed by atoms with Gasteiger partial charge < -0.3 is 14.8 Å². The van der Waals surface area contributed by atoms with E-state index in [2.05, 4.69) is 12.2 Å². The third-order valence-electron chi connectivity index (χ3n) is 2.97. The molecular formula is C17H20ClNO2. The van der Waals surface area contributed by atoms with Gasteiger partial charge >= 0.3 is 0 Å². The van der Waals surface area contributed by atoms with E-state index in [-0.39, 0.29) is 0 Å². The van der Waals surface area contributed by atoms with E-state index in [0.29, 0.717) is 35.4 Å². The van der Waals surface area contributed by atoms with Crippen molar-refractivity contribution in [3.63, 3.8) is 0 Å². The van der Waals surface area contributed by atoms with Crippen molar-refractivity contribution in [3.05, 3.63) is 53.1 Å². The number of ether oxygens (including phenoxy) is 2. The highest BCUT2D eigenvalue weighted by Gasteiger charge is 2.12. The van der Waals surface area contributed by atoms with Gasteiger partial charge in [0.2, 0.25) is 0 Å². The number of hydrogen-bond donors (Lipinski definition) is 1. The van der Waals surface area contributed by atoms with E-state index >= 15 is 0 Å². The van der Waals surface area contributed by atoms with E-state index in [9.17, 15) is 0 Å². The summed E-state index contributed by atoms with van der Waals surface area (Å²) in [6.07, 6.45) is 0. The molecule has 0 unspecified atom stereocenters. The Kier molecular flexibility index (Phi) is 5.90. The highest BCUT2D eigenvalue weighted by atomic mass is 35.5. The average molecular weight is 306 g/mol. The fourth-order valence-corrected chi connectivity index (χ4v) is 2.22. The van der Waals surface area contributed by atoms with Gasteiger partial charge in [-0.3, -0.25) is 0 Å². The van der Waals surface area contributed by atoms with Crippen LogP contribution in [0.1, 0.15) is 19.4 Å². The second kappa shape index (κ2) is 7.91. The van der Waals surface area contributed by atoms with Crippen LogP contribution < -0.4 is 14.8 Å². The van der Waals surface area contributed by atoms with Gasteiger partial charge in [-0.2, -0.15) is 0 Å². The molecule has 0 fully saturated rings. The zero-order chi connectivity index (χ0) is 15.1. The zero-order valence-electron chi connectivity index (χ0n) is 12.4. The molecule has 0 amide bonds. The predicted molar refractivity (Wildman–Crippen MR) is 86.5 cm³/mol. The van der Waals surface area contributed by atoms with Crippen LogP contribution in [-0.4, -0.2) is 13.2 Å². The van der Waals surface area contributed by atoms with Crippen LogP contribution in [0.3, 0.4) is 0 Å². The zero-order valence-corrected chi connectivity index (χ0v) is 13.1. The monoisotopic (exact) mass is 305 g/mol. The maximum absolute atomic E-state index is 6.29. The molecule has 0 saturated heterocycles. The minimum atomic E-state index is 0.590. The van der Waals surface area contributed by atoms with E-state index in [4.69, 9.17) is 21.1 Å². The third kappa shape index (κ3) is 4.13. The fraction of sp³-hybridized carbons (Fsp3) is 0.294. The maximum atomic E-state index is 6.29. The highest BCUT2D eigenvalue weighted by molar-refractivity contribution is 6.32. The summed E-state index contributed by atoms with van der Waals surface area (Å²) in [5, 5.41) is 3.88. The van der Waals surface area contributed by atoms with Crippen molar-refractivity contribution in [1.29, 1.82) is 0 Å². The summed E-state index contributed by atoms with van der Waals surface area (Å²) >= 11 is 6.29. The minimum Gasteiger partial charge on any atom is -0.490 e. The number of hydrogen-bond acceptors (Lipinski definition) is 3. The first-order chi connectivity index (χ1) is 10.3. The molecule has 0 spiro atoms. The molecule has 1 N–H and O–H groups in total. The van der Waals surface area contributed by atoms with Gasteiger partial charge in [0, 0.05) is 12.1 Å². The quantitative estimate of drug-likeness (QED) is 0.808. The van der Waals surface area contributed by atoms with Crippen LogP contribution >= 0.6 is 11.6 Å². The van der Waals surface area contributed by atoms with Crippen LogP contribution in [0.2, 0.25) is 5.02 Å². The fourth-order valence-electron chi connectivity index (χ4n) is 1.99. The van der Waals surface area contributed by atoms with Gasteiger partial charge in [-0.25, -0.2) is 0 Å². The number of halogens is 1. The van der Waals surface area contributed by atoms with Crippen molar-refractivity contribution in [1.82, 2.24) is 5.32 Å². The summed E-state index contributed by atoms with van der Waals surface area (Å²) < 4.78 is 11.6. The molecule has 0 radical (unpaired) electrons. The Hall–Kier alpha value is -1.71. The van der Waals surface area contributed by atoms with Crippen molar-refractivity contribution >= 4 is 11.6 Å². The molecule has 21 heavy (non-hydrogen) atoms. The van der Waals surface area contributed by atoms with Crippen molar-refractivity contribution in [2.24, 2.45) is 0 Å². The van der Waals surface area contributed by atoms with Gasteiger partial charge in [-0.05, 0) is 31.7 Å². The first kappa shape index (κ1) is 15.7. The summed E-state index contributed by atoms with van der Waals surface area (Å²) in [5.41, 5.74) is 1.02. The molecule has 0 aliphatic carbocycles. The molecule has 0 bridgehead atoms. The number of benzene rings is 2. The second-order valence-corrected chi connectivity index (χ2v) is 4.90. The van der Waals surface area contributed by atoms with Crippen molar-refractivity contribution in [2.45, 2.75) is 20.4 Å². The number of rotatable bonds is 7. The summed E-state index contributed by atoms with van der Waals surface area (Å²) in [7, 11) is 0. The lowest BCUT2D eigenvalue weighted by Crippen LogP contribution is -2.12. The van der Waals surface area contributed by atoms with Gasteiger partial charge in [0.1, 0.15) is 0 Å². The van der Waals surface area contributed by atoms with E-state index in [0.717, 1.165) is 12.1 Å². The van der Waals surface area contributed by atoms with Crippen LogP contribution in [0.15, 0.2) is 42.5 Å². The van der Waals surface area contributed by atoms with E-state index < -0.39 is 0 Å². The molecule has 4 heteroatoms. The Labute approximate surface area is 130 Å². The Balaban J connectivity index is 2.30. The molecule has 2 aromatic carbocycles. The number of para-hydroxylation sites is 3. The molecule has 0 heterocycles. The molecule has 0 atom stereocenters. The van der Waals surface area contributed by atoms with E-state index in [1.165, 1.54) is 0 Å². The van der Waals surface area contributed by atoms with Crippen LogP contribution in [0.25, 0.3) is 0 Å². The van der Waals surface area contributed by atoms with Crippen LogP contribution in [0.5, 0.6) is 17.2 Å². The molecule has 112 valence electrons. The molecule has 0 aliphatic heterocycles. The van der Waals surface area contributed by atoms with Gasteiger partial charge in [0.15, 0.2) is 17.2 Å². The molecule has 2 aromatic rings. The van der Waals surface area contributed by atoms with Crippen molar-refractivity contribution < 1.29 is 9.47 Å². The van der Waals surface area contributed by atoms with Gasteiger partial charge in [-0.15, -0.1) is 0 Å². The molecule has 0 aliphatic rings. The lowest BCUT2D eigenvalue weighted by molar-refractivity contribution is 0.321. The van der Waals surface area contributed by atoms with Gasteiger partial charge in [-0.1, -0.05) is 42.8 Å². The molecular weight excluding hydrogens is 286 g/mol. The minimum absolute atomic E-state index is 0.590. The smallest absolute Gasteiger partial charge is 0.169 e. The van der Waals surface area contributed by atoms with Crippen LogP contribution in [0, 0.1) is 0 Å². The van der Waals surface area contributed by atoms with E-state index in [1.807, 2.05) is 49.4 Å². The highest BCUT2D eigenvalue weighted by Crippen LogP contribution is 2.37. The second-order valence-electron chi connectivity index (χ2n) is 4.49. The van der Waals surface area contributed by atoms with Crippen LogP contribution in [-0.2, 0) is 6.54 Å². The topological polar surface area (TPSA) is 30.5 Å². The first-order valence-corrected chi connectivity index (χ1v) is 7.51. The average Bonchev–Trinajstić information content (AvgIpc) is 2.50.